The summed E-state index contributed by atoms with van der Waals surface area (Å²) in [4.78, 5) is 26.0. The van der Waals surface area contributed by atoms with E-state index >= 15 is 0 Å². The lowest BCUT2D eigenvalue weighted by Crippen LogP contribution is -2.49. The third-order valence-corrected chi connectivity index (χ3v) is 8.38. The van der Waals surface area contributed by atoms with Crippen LogP contribution in [0.2, 0.25) is 0 Å². The van der Waals surface area contributed by atoms with E-state index in [1.165, 1.54) is 16.4 Å². The third-order valence-electron chi connectivity index (χ3n) is 6.47. The molecule has 3 aromatic rings. The molecule has 1 amide bonds. The topological polar surface area (TPSA) is 113 Å². The minimum absolute atomic E-state index is 0.0955. The van der Waals surface area contributed by atoms with Gasteiger partial charge in [0.1, 0.15) is 5.82 Å². The number of amides is 1. The van der Waals surface area contributed by atoms with Gasteiger partial charge in [0.25, 0.3) is 5.91 Å². The summed E-state index contributed by atoms with van der Waals surface area (Å²) in [6, 6.07) is 10.1. The molecule has 0 saturated carbocycles. The number of anilines is 1. The first kappa shape index (κ1) is 23.4. The van der Waals surface area contributed by atoms with E-state index in [1.54, 1.807) is 23.2 Å². The molecule has 4 heterocycles. The number of benzene rings is 1. The van der Waals surface area contributed by atoms with Crippen molar-refractivity contribution in [2.45, 2.75) is 31.1 Å². The van der Waals surface area contributed by atoms with Crippen LogP contribution in [-0.2, 0) is 16.4 Å². The van der Waals surface area contributed by atoms with Crippen LogP contribution < -0.4 is 4.90 Å². The summed E-state index contributed by atoms with van der Waals surface area (Å²) in [5.74, 6) is 1.85. The number of hydrogen-bond donors (Lipinski definition) is 0. The van der Waals surface area contributed by atoms with Gasteiger partial charge in [0.15, 0.2) is 0 Å². The molecule has 0 N–H and O–H groups in total. The number of rotatable bonds is 6. The Bertz CT molecular complexity index is 1280. The van der Waals surface area contributed by atoms with Crippen molar-refractivity contribution in [2.75, 3.05) is 44.2 Å². The molecule has 5 rings (SSSR count). The van der Waals surface area contributed by atoms with Crippen LogP contribution >= 0.6 is 0 Å². The molecule has 184 valence electrons. The SMILES string of the molecule is CCc1nc(-c2ccc(N3CCN(C(=O)c4ccc(S(=O)(=O)N5CCCC5)cc4)CC3)nc2)no1. The summed E-state index contributed by atoms with van der Waals surface area (Å²) in [5.41, 5.74) is 1.29. The molecular formula is C24H28N6O4S. The summed E-state index contributed by atoms with van der Waals surface area (Å²) in [6.07, 6.45) is 4.19. The summed E-state index contributed by atoms with van der Waals surface area (Å²) < 4.78 is 32.1. The van der Waals surface area contributed by atoms with Gasteiger partial charge in [0.2, 0.25) is 21.7 Å². The van der Waals surface area contributed by atoms with Gasteiger partial charge in [-0.25, -0.2) is 13.4 Å². The van der Waals surface area contributed by atoms with E-state index in [0.717, 1.165) is 24.2 Å². The Hall–Kier alpha value is -3.31. The van der Waals surface area contributed by atoms with Crippen molar-refractivity contribution in [3.05, 3.63) is 54.0 Å². The molecule has 2 aromatic heterocycles. The molecule has 0 aliphatic carbocycles. The monoisotopic (exact) mass is 496 g/mol. The zero-order valence-electron chi connectivity index (χ0n) is 19.6. The largest absolute Gasteiger partial charge is 0.353 e. The quantitative estimate of drug-likeness (QED) is 0.511. The molecule has 1 aromatic carbocycles. The van der Waals surface area contributed by atoms with Gasteiger partial charge in [0, 0.05) is 63.0 Å². The van der Waals surface area contributed by atoms with E-state index in [4.69, 9.17) is 4.52 Å². The van der Waals surface area contributed by atoms with Crippen LogP contribution in [0.4, 0.5) is 5.82 Å². The number of carbonyl (C=O) groups excluding carboxylic acids is 1. The fourth-order valence-electron chi connectivity index (χ4n) is 4.39. The Kier molecular flexibility index (Phi) is 6.52. The predicted molar refractivity (Wildman–Crippen MR) is 129 cm³/mol. The number of nitrogens with zero attached hydrogens (tertiary/aromatic N) is 6. The second-order valence-corrected chi connectivity index (χ2v) is 10.6. The van der Waals surface area contributed by atoms with E-state index < -0.39 is 10.0 Å². The second-order valence-electron chi connectivity index (χ2n) is 8.69. The standard InChI is InChI=1S/C24H28N6O4S/c1-2-22-26-23(27-34-22)19-7-10-21(25-17-19)28-13-15-29(16-14-28)24(31)18-5-8-20(9-6-18)35(32,33)30-11-3-4-12-30/h5-10,17H,2-4,11-16H2,1H3. The van der Waals surface area contributed by atoms with E-state index in [-0.39, 0.29) is 10.8 Å². The van der Waals surface area contributed by atoms with E-state index in [1.807, 2.05) is 19.1 Å². The first-order valence-electron chi connectivity index (χ1n) is 11.9. The van der Waals surface area contributed by atoms with Gasteiger partial charge in [-0.2, -0.15) is 9.29 Å². The van der Waals surface area contributed by atoms with Crippen molar-refractivity contribution < 1.29 is 17.7 Å². The molecule has 11 heteroatoms. The van der Waals surface area contributed by atoms with Crippen LogP contribution in [0, 0.1) is 0 Å². The highest BCUT2D eigenvalue weighted by Gasteiger charge is 2.28. The normalized spacial score (nSPS) is 17.2. The number of pyridine rings is 1. The van der Waals surface area contributed by atoms with Gasteiger partial charge >= 0.3 is 0 Å². The molecule has 2 fully saturated rings. The smallest absolute Gasteiger partial charge is 0.253 e. The lowest BCUT2D eigenvalue weighted by atomic mass is 10.2. The Balaban J connectivity index is 1.19. The van der Waals surface area contributed by atoms with Crippen molar-refractivity contribution in [1.82, 2.24) is 24.3 Å². The van der Waals surface area contributed by atoms with Gasteiger partial charge < -0.3 is 14.3 Å². The summed E-state index contributed by atoms with van der Waals surface area (Å²) in [6.45, 7) is 5.49. The van der Waals surface area contributed by atoms with E-state index in [0.29, 0.717) is 63.0 Å². The average molecular weight is 497 g/mol. The molecule has 10 nitrogen and oxygen atoms in total. The molecule has 0 spiro atoms. The van der Waals surface area contributed by atoms with E-state index in [2.05, 4.69) is 20.0 Å². The van der Waals surface area contributed by atoms with Crippen LogP contribution in [0.3, 0.4) is 0 Å². The minimum Gasteiger partial charge on any atom is -0.353 e. The molecular weight excluding hydrogens is 468 g/mol. The second kappa shape index (κ2) is 9.74. The minimum atomic E-state index is -3.48. The fourth-order valence-corrected chi connectivity index (χ4v) is 5.91. The highest BCUT2D eigenvalue weighted by Crippen LogP contribution is 2.23. The maximum absolute atomic E-state index is 13.0. The number of carbonyl (C=O) groups is 1. The Morgan fingerprint density at radius 3 is 2.29 bits per heavy atom. The van der Waals surface area contributed by atoms with Gasteiger partial charge in [-0.1, -0.05) is 12.1 Å². The molecule has 0 atom stereocenters. The van der Waals surface area contributed by atoms with Crippen molar-refractivity contribution >= 4 is 21.7 Å². The third kappa shape index (κ3) is 4.78. The molecule has 0 bridgehead atoms. The molecule has 2 saturated heterocycles. The zero-order valence-corrected chi connectivity index (χ0v) is 20.4. The van der Waals surface area contributed by atoms with Gasteiger partial charge in [-0.3, -0.25) is 4.79 Å². The van der Waals surface area contributed by atoms with Crippen molar-refractivity contribution in [2.24, 2.45) is 0 Å². The Morgan fingerprint density at radius 2 is 1.69 bits per heavy atom. The van der Waals surface area contributed by atoms with Gasteiger partial charge in [-0.05, 0) is 49.2 Å². The van der Waals surface area contributed by atoms with Crippen molar-refractivity contribution in [3.63, 3.8) is 0 Å². The van der Waals surface area contributed by atoms with Crippen LogP contribution in [0.1, 0.15) is 36.0 Å². The lowest BCUT2D eigenvalue weighted by Gasteiger charge is -2.35. The lowest BCUT2D eigenvalue weighted by molar-refractivity contribution is 0.0746. The van der Waals surface area contributed by atoms with Crippen molar-refractivity contribution in [1.29, 1.82) is 0 Å². The number of piperazine rings is 1. The molecule has 2 aliphatic heterocycles. The van der Waals surface area contributed by atoms with Gasteiger partial charge in [-0.15, -0.1) is 0 Å². The highest BCUT2D eigenvalue weighted by atomic mass is 32.2. The number of aromatic nitrogens is 3. The summed E-state index contributed by atoms with van der Waals surface area (Å²) >= 11 is 0. The first-order valence-corrected chi connectivity index (χ1v) is 13.3. The predicted octanol–water partition coefficient (Wildman–Crippen LogP) is 2.44. The number of hydrogen-bond acceptors (Lipinski definition) is 8. The van der Waals surface area contributed by atoms with E-state index in [9.17, 15) is 13.2 Å². The summed E-state index contributed by atoms with van der Waals surface area (Å²) in [7, 11) is -3.48. The van der Waals surface area contributed by atoms with Crippen LogP contribution in [-0.4, -0.2) is 77.9 Å². The Labute approximate surface area is 204 Å². The van der Waals surface area contributed by atoms with Crippen molar-refractivity contribution in [3.8, 4) is 11.4 Å². The number of sulfonamides is 1. The van der Waals surface area contributed by atoms with Crippen LogP contribution in [0.15, 0.2) is 52.0 Å². The maximum Gasteiger partial charge on any atom is 0.253 e. The molecule has 0 unspecified atom stereocenters. The van der Waals surface area contributed by atoms with Gasteiger partial charge in [0.05, 0.1) is 4.90 Å². The fraction of sp³-hybridized carbons (Fsp3) is 0.417. The van der Waals surface area contributed by atoms with Crippen LogP contribution in [0.25, 0.3) is 11.4 Å². The summed E-state index contributed by atoms with van der Waals surface area (Å²) in [5, 5.41) is 3.98. The highest BCUT2D eigenvalue weighted by molar-refractivity contribution is 7.89. The Morgan fingerprint density at radius 1 is 0.971 bits per heavy atom. The average Bonchev–Trinajstić information content (AvgIpc) is 3.62. The maximum atomic E-state index is 13.0. The zero-order chi connectivity index (χ0) is 24.4. The van der Waals surface area contributed by atoms with Crippen LogP contribution in [0.5, 0.6) is 0 Å². The molecule has 0 radical (unpaired) electrons. The molecule has 35 heavy (non-hydrogen) atoms. The molecule has 2 aliphatic rings. The first-order chi connectivity index (χ1) is 17.0. The number of aryl methyl sites for hydroxylation is 1.